The number of rotatable bonds is 14. The smallest absolute Gasteiger partial charge is 0.242 e. The Kier molecular flexibility index (Phi) is 11.8. The molecule has 2 atom stereocenters. The van der Waals surface area contributed by atoms with Crippen LogP contribution in [0.25, 0.3) is 0 Å². The molecule has 0 spiro atoms. The molecule has 2 aromatic rings. The van der Waals surface area contributed by atoms with Crippen LogP contribution in [0.15, 0.2) is 54.6 Å². The van der Waals surface area contributed by atoms with Gasteiger partial charge in [0.25, 0.3) is 0 Å². The lowest BCUT2D eigenvalue weighted by atomic mass is 9.99. The van der Waals surface area contributed by atoms with Crippen molar-refractivity contribution >= 4 is 11.8 Å². The van der Waals surface area contributed by atoms with Gasteiger partial charge in [0.1, 0.15) is 18.4 Å². The lowest BCUT2D eigenvalue weighted by Crippen LogP contribution is -2.56. The summed E-state index contributed by atoms with van der Waals surface area (Å²) < 4.78 is 11.5. The number of nitrogens with one attached hydrogen (secondary N) is 2. The van der Waals surface area contributed by atoms with E-state index in [-0.39, 0.29) is 17.9 Å². The number of hydrogen-bond donors (Lipinski definition) is 2. The Morgan fingerprint density at radius 2 is 1.60 bits per heavy atom. The Balaban J connectivity index is 1.40. The largest absolute Gasteiger partial charge is 0.489 e. The highest BCUT2D eigenvalue weighted by atomic mass is 16.5. The Morgan fingerprint density at radius 3 is 2.27 bits per heavy atom. The first-order chi connectivity index (χ1) is 19.5. The van der Waals surface area contributed by atoms with Crippen molar-refractivity contribution in [2.45, 2.75) is 58.2 Å². The fourth-order valence-electron chi connectivity index (χ4n) is 5.40. The third-order valence-electron chi connectivity index (χ3n) is 7.65. The summed E-state index contributed by atoms with van der Waals surface area (Å²) >= 11 is 0. The van der Waals surface area contributed by atoms with Crippen LogP contribution in [0.1, 0.15) is 44.2 Å². The van der Waals surface area contributed by atoms with E-state index in [0.717, 1.165) is 56.0 Å². The van der Waals surface area contributed by atoms with Gasteiger partial charge < -0.3 is 25.0 Å². The molecule has 2 aliphatic rings. The maximum atomic E-state index is 13.6. The fourth-order valence-corrected chi connectivity index (χ4v) is 5.40. The summed E-state index contributed by atoms with van der Waals surface area (Å²) in [5.41, 5.74) is 2.08. The van der Waals surface area contributed by atoms with Crippen molar-refractivity contribution in [3.63, 3.8) is 0 Å². The molecule has 2 N–H and O–H groups in total. The average molecular weight is 551 g/mol. The van der Waals surface area contributed by atoms with E-state index in [1.54, 1.807) is 0 Å². The zero-order chi connectivity index (χ0) is 28.2. The predicted octanol–water partition coefficient (Wildman–Crippen LogP) is 3.25. The molecule has 0 unspecified atom stereocenters. The zero-order valence-electron chi connectivity index (χ0n) is 24.1. The number of ether oxygens (including phenoxy) is 2. The molecule has 4 rings (SSSR count). The van der Waals surface area contributed by atoms with Crippen molar-refractivity contribution in [3.8, 4) is 5.75 Å². The molecular weight excluding hydrogens is 504 g/mol. The molecule has 2 heterocycles. The van der Waals surface area contributed by atoms with E-state index in [1.807, 2.05) is 54.6 Å². The number of hydrogen-bond acceptors (Lipinski definition) is 6. The van der Waals surface area contributed by atoms with Crippen LogP contribution < -0.4 is 15.4 Å². The average Bonchev–Trinajstić information content (AvgIpc) is 3.49. The molecule has 2 aromatic carbocycles. The maximum Gasteiger partial charge on any atom is 0.242 e. The molecule has 0 radical (unpaired) electrons. The first kappa shape index (κ1) is 30.0. The fraction of sp³-hybridized carbons (Fsp3) is 0.562. The molecule has 2 saturated heterocycles. The lowest BCUT2D eigenvalue weighted by Gasteiger charge is -2.35. The minimum atomic E-state index is -0.655. The van der Waals surface area contributed by atoms with Gasteiger partial charge in [-0.25, -0.2) is 0 Å². The number of nitrogens with zero attached hydrogens (tertiary/aromatic N) is 2. The predicted molar refractivity (Wildman–Crippen MR) is 157 cm³/mol. The monoisotopic (exact) mass is 550 g/mol. The van der Waals surface area contributed by atoms with E-state index in [1.165, 1.54) is 12.8 Å². The normalized spacial score (nSPS) is 17.9. The Hall–Kier alpha value is -2.94. The summed E-state index contributed by atoms with van der Waals surface area (Å²) in [6.45, 7) is 11.1. The first-order valence-electron chi connectivity index (χ1n) is 14.9. The molecule has 2 amide bonds. The molecule has 8 nitrogen and oxygen atoms in total. The summed E-state index contributed by atoms with van der Waals surface area (Å²) in [4.78, 5) is 31.6. The van der Waals surface area contributed by atoms with Crippen LogP contribution in [-0.4, -0.2) is 86.2 Å². The molecule has 40 heavy (non-hydrogen) atoms. The van der Waals surface area contributed by atoms with Gasteiger partial charge in [0.15, 0.2) is 0 Å². The second-order valence-electron chi connectivity index (χ2n) is 11.3. The summed E-state index contributed by atoms with van der Waals surface area (Å²) in [5.74, 6) is 0.905. The number of carbonyl (C=O) groups excluding carboxylic acids is 2. The number of morpholine rings is 1. The highest BCUT2D eigenvalue weighted by Crippen LogP contribution is 2.17. The molecule has 2 aliphatic heterocycles. The van der Waals surface area contributed by atoms with Crippen LogP contribution in [0.3, 0.4) is 0 Å². The molecule has 0 aromatic heterocycles. The van der Waals surface area contributed by atoms with Crippen LogP contribution in [0, 0.1) is 5.92 Å². The van der Waals surface area contributed by atoms with Crippen molar-refractivity contribution in [2.24, 2.45) is 5.92 Å². The summed E-state index contributed by atoms with van der Waals surface area (Å²) in [6.07, 6.45) is 3.59. The summed E-state index contributed by atoms with van der Waals surface area (Å²) in [7, 11) is 0. The van der Waals surface area contributed by atoms with Gasteiger partial charge in [-0.2, -0.15) is 0 Å². The van der Waals surface area contributed by atoms with Gasteiger partial charge in [0.2, 0.25) is 11.8 Å². The number of amides is 2. The van der Waals surface area contributed by atoms with Gasteiger partial charge in [0.05, 0.1) is 19.3 Å². The summed E-state index contributed by atoms with van der Waals surface area (Å²) in [6, 6.07) is 16.9. The second-order valence-corrected chi connectivity index (χ2v) is 11.3. The van der Waals surface area contributed by atoms with E-state index in [0.29, 0.717) is 38.7 Å². The highest BCUT2D eigenvalue weighted by molar-refractivity contribution is 5.90. The van der Waals surface area contributed by atoms with Crippen LogP contribution >= 0.6 is 0 Å². The molecule has 218 valence electrons. The molecular formula is C32H46N4O4. The second kappa shape index (κ2) is 15.7. The maximum absolute atomic E-state index is 13.6. The summed E-state index contributed by atoms with van der Waals surface area (Å²) in [5, 5.41) is 6.22. The Labute approximate surface area is 239 Å². The van der Waals surface area contributed by atoms with Crippen molar-refractivity contribution in [1.29, 1.82) is 0 Å². The number of likely N-dealkylation sites (tertiary alicyclic amines) is 1. The van der Waals surface area contributed by atoms with Gasteiger partial charge in [-0.1, -0.05) is 56.3 Å². The van der Waals surface area contributed by atoms with E-state index in [4.69, 9.17) is 9.47 Å². The minimum Gasteiger partial charge on any atom is -0.489 e. The van der Waals surface area contributed by atoms with Crippen LogP contribution in [0.5, 0.6) is 5.75 Å². The van der Waals surface area contributed by atoms with E-state index in [2.05, 4.69) is 34.3 Å². The van der Waals surface area contributed by atoms with E-state index < -0.39 is 6.04 Å². The molecule has 0 aliphatic carbocycles. The highest BCUT2D eigenvalue weighted by Gasteiger charge is 2.31. The van der Waals surface area contributed by atoms with Gasteiger partial charge in [-0.05, 0) is 61.5 Å². The van der Waals surface area contributed by atoms with E-state index in [9.17, 15) is 9.59 Å². The van der Waals surface area contributed by atoms with Gasteiger partial charge in [-0.15, -0.1) is 0 Å². The third-order valence-corrected chi connectivity index (χ3v) is 7.65. The molecule has 8 heteroatoms. The molecule has 0 saturated carbocycles. The first-order valence-corrected chi connectivity index (χ1v) is 14.9. The van der Waals surface area contributed by atoms with E-state index >= 15 is 0 Å². The van der Waals surface area contributed by atoms with Gasteiger partial charge in [0, 0.05) is 32.6 Å². The third kappa shape index (κ3) is 9.61. The standard InChI is InChI=1S/C32H46N4O4/c1-25(2)22-30(36-18-20-39-21-19-36)32(38)34-29(31(37)33-14-17-35-15-6-7-16-35)23-26-10-12-28(13-11-26)40-24-27-8-4-3-5-9-27/h3-5,8-13,25,29-30H,6-7,14-24H2,1-2H3,(H,33,37)(H,34,38)/t29-,30+/m0/s1. The quantitative estimate of drug-likeness (QED) is 0.376. The van der Waals surface area contributed by atoms with Crippen molar-refractivity contribution in [1.82, 2.24) is 20.4 Å². The molecule has 0 bridgehead atoms. The van der Waals surface area contributed by atoms with Crippen LogP contribution in [0.2, 0.25) is 0 Å². The Morgan fingerprint density at radius 1 is 0.900 bits per heavy atom. The van der Waals surface area contributed by atoms with Gasteiger partial charge in [-0.3, -0.25) is 14.5 Å². The molecule has 2 fully saturated rings. The SMILES string of the molecule is CC(C)C[C@H](C(=O)N[C@@H](Cc1ccc(OCc2ccccc2)cc1)C(=O)NCCN1CCCC1)N1CCOCC1. The van der Waals surface area contributed by atoms with Gasteiger partial charge >= 0.3 is 0 Å². The number of carbonyl (C=O) groups is 2. The topological polar surface area (TPSA) is 83.1 Å². The van der Waals surface area contributed by atoms with Crippen LogP contribution in [-0.2, 0) is 27.4 Å². The zero-order valence-corrected chi connectivity index (χ0v) is 24.1. The lowest BCUT2D eigenvalue weighted by molar-refractivity contribution is -0.133. The minimum absolute atomic E-state index is 0.0851. The Bertz CT molecular complexity index is 1030. The van der Waals surface area contributed by atoms with Crippen molar-refractivity contribution in [2.75, 3.05) is 52.5 Å². The number of benzene rings is 2. The van der Waals surface area contributed by atoms with Crippen LogP contribution in [0.4, 0.5) is 0 Å². The van der Waals surface area contributed by atoms with Crippen molar-refractivity contribution < 1.29 is 19.1 Å². The van der Waals surface area contributed by atoms with Crippen molar-refractivity contribution in [3.05, 3.63) is 65.7 Å².